The Morgan fingerprint density at radius 2 is 2.15 bits per heavy atom. The highest BCUT2D eigenvalue weighted by molar-refractivity contribution is 5.84. The molecule has 2 N–H and O–H groups in total. The fourth-order valence-corrected chi connectivity index (χ4v) is 1.77. The third kappa shape index (κ3) is 3.79. The zero-order chi connectivity index (χ0) is 15.3. The molecule has 0 saturated heterocycles. The summed E-state index contributed by atoms with van der Waals surface area (Å²) in [6.07, 6.45) is 2.13. The molecule has 0 fully saturated rings. The summed E-state index contributed by atoms with van der Waals surface area (Å²) in [4.78, 5) is 23.2. The first-order valence-electron chi connectivity index (χ1n) is 6.60. The minimum Gasteiger partial charge on any atom is -0.481 e. The van der Waals surface area contributed by atoms with Crippen molar-refractivity contribution in [3.05, 3.63) is 12.2 Å². The molecule has 0 aliphatic carbocycles. The Balaban J connectivity index is 2.47. The first-order valence-corrected chi connectivity index (χ1v) is 6.60. The predicted molar refractivity (Wildman–Crippen MR) is 72.9 cm³/mol. The summed E-state index contributed by atoms with van der Waals surface area (Å²) in [6.45, 7) is 5.63. The Hall–Kier alpha value is -1.92. The zero-order valence-corrected chi connectivity index (χ0v) is 12.4. The number of aromatic nitrogens is 3. The van der Waals surface area contributed by atoms with Gasteiger partial charge < -0.3 is 15.0 Å². The van der Waals surface area contributed by atoms with Crippen molar-refractivity contribution in [3.63, 3.8) is 0 Å². The van der Waals surface area contributed by atoms with Crippen molar-refractivity contribution in [2.24, 2.45) is 18.4 Å². The Morgan fingerprint density at radius 1 is 1.50 bits per heavy atom. The highest BCUT2D eigenvalue weighted by atomic mass is 16.4. The smallest absolute Gasteiger partial charge is 0.310 e. The fraction of sp³-hybridized carbons (Fsp3) is 0.692. The van der Waals surface area contributed by atoms with Gasteiger partial charge in [0.15, 0.2) is 0 Å². The summed E-state index contributed by atoms with van der Waals surface area (Å²) >= 11 is 0. The van der Waals surface area contributed by atoms with Gasteiger partial charge in [-0.1, -0.05) is 13.8 Å². The zero-order valence-electron chi connectivity index (χ0n) is 12.4. The molecular weight excluding hydrogens is 260 g/mol. The first-order chi connectivity index (χ1) is 9.27. The van der Waals surface area contributed by atoms with Crippen molar-refractivity contribution < 1.29 is 14.7 Å². The number of aliphatic carboxylic acids is 1. The van der Waals surface area contributed by atoms with Gasteiger partial charge in [-0.2, -0.15) is 0 Å². The molecule has 1 heterocycles. The predicted octanol–water partition coefficient (Wildman–Crippen LogP) is 0.611. The highest BCUT2D eigenvalue weighted by Crippen LogP contribution is 2.31. The van der Waals surface area contributed by atoms with Crippen LogP contribution in [0.5, 0.6) is 0 Å². The fourth-order valence-electron chi connectivity index (χ4n) is 1.77. The van der Waals surface area contributed by atoms with E-state index in [0.29, 0.717) is 13.0 Å². The van der Waals surface area contributed by atoms with Crippen LogP contribution in [0.25, 0.3) is 0 Å². The normalized spacial score (nSPS) is 14.1. The Bertz CT molecular complexity index is 484. The molecule has 1 amide bonds. The summed E-state index contributed by atoms with van der Waals surface area (Å²) in [7, 11) is 1.83. The lowest BCUT2D eigenvalue weighted by atomic mass is 9.76. The van der Waals surface area contributed by atoms with Crippen LogP contribution in [-0.2, 0) is 23.1 Å². The van der Waals surface area contributed by atoms with E-state index < -0.39 is 11.4 Å². The van der Waals surface area contributed by atoms with E-state index in [1.807, 2.05) is 7.05 Å². The quantitative estimate of drug-likeness (QED) is 0.763. The molecule has 0 saturated carbocycles. The van der Waals surface area contributed by atoms with Crippen LogP contribution >= 0.6 is 0 Å². The van der Waals surface area contributed by atoms with Gasteiger partial charge in [0.25, 0.3) is 0 Å². The lowest BCUT2D eigenvalue weighted by Gasteiger charge is -2.28. The number of hydrogen-bond acceptors (Lipinski definition) is 4. The number of hydrogen-bond donors (Lipinski definition) is 2. The molecule has 1 aromatic rings. The van der Waals surface area contributed by atoms with E-state index in [-0.39, 0.29) is 18.2 Å². The molecule has 112 valence electrons. The molecule has 1 atom stereocenters. The molecule has 20 heavy (non-hydrogen) atoms. The molecule has 1 unspecified atom stereocenters. The first kappa shape index (κ1) is 16.1. The molecule has 0 aromatic carbocycles. The van der Waals surface area contributed by atoms with E-state index in [4.69, 9.17) is 0 Å². The second kappa shape index (κ2) is 6.49. The summed E-state index contributed by atoms with van der Waals surface area (Å²) in [5, 5.41) is 19.7. The van der Waals surface area contributed by atoms with Crippen LogP contribution in [-0.4, -0.2) is 38.3 Å². The number of nitrogens with one attached hydrogen (secondary N) is 1. The molecular formula is C13H22N4O3. The van der Waals surface area contributed by atoms with E-state index in [1.54, 1.807) is 31.7 Å². The molecule has 7 heteroatoms. The van der Waals surface area contributed by atoms with Gasteiger partial charge in [-0.15, -0.1) is 10.2 Å². The number of carbonyl (C=O) groups excluding carboxylic acids is 1. The van der Waals surface area contributed by atoms with Crippen molar-refractivity contribution in [2.45, 2.75) is 33.6 Å². The van der Waals surface area contributed by atoms with Crippen molar-refractivity contribution >= 4 is 11.9 Å². The van der Waals surface area contributed by atoms with Crippen LogP contribution in [0.1, 0.15) is 33.0 Å². The van der Waals surface area contributed by atoms with Crippen LogP contribution in [0, 0.1) is 11.3 Å². The Labute approximate surface area is 118 Å². The lowest BCUT2D eigenvalue weighted by molar-refractivity contribution is -0.153. The molecule has 0 bridgehead atoms. The molecule has 0 aliphatic rings. The number of amides is 1. The van der Waals surface area contributed by atoms with Gasteiger partial charge in [0.05, 0.1) is 5.41 Å². The van der Waals surface area contributed by atoms with Crippen molar-refractivity contribution in [1.29, 1.82) is 0 Å². The number of carboxylic acids is 1. The van der Waals surface area contributed by atoms with Gasteiger partial charge in [0.1, 0.15) is 12.2 Å². The topological polar surface area (TPSA) is 97.1 Å². The Morgan fingerprint density at radius 3 is 2.60 bits per heavy atom. The van der Waals surface area contributed by atoms with Crippen molar-refractivity contribution in [2.75, 3.05) is 6.54 Å². The maximum atomic E-state index is 11.9. The summed E-state index contributed by atoms with van der Waals surface area (Å²) in [5.74, 6) is -0.554. The van der Waals surface area contributed by atoms with Crippen molar-refractivity contribution in [1.82, 2.24) is 20.1 Å². The molecule has 7 nitrogen and oxygen atoms in total. The third-order valence-corrected chi connectivity index (χ3v) is 3.77. The van der Waals surface area contributed by atoms with Gasteiger partial charge in [0.2, 0.25) is 5.91 Å². The number of carboxylic acid groups (broad SMARTS) is 1. The molecule has 1 rings (SSSR count). The lowest BCUT2D eigenvalue weighted by Crippen LogP contribution is -2.39. The molecule has 0 radical (unpaired) electrons. The van der Waals surface area contributed by atoms with Crippen LogP contribution in [0.15, 0.2) is 6.33 Å². The van der Waals surface area contributed by atoms with Crippen LogP contribution < -0.4 is 5.32 Å². The average molecular weight is 282 g/mol. The van der Waals surface area contributed by atoms with E-state index in [2.05, 4.69) is 15.5 Å². The maximum absolute atomic E-state index is 11.9. The van der Waals surface area contributed by atoms with Gasteiger partial charge in [-0.3, -0.25) is 9.59 Å². The summed E-state index contributed by atoms with van der Waals surface area (Å²) in [5.41, 5.74) is -1.05. The largest absolute Gasteiger partial charge is 0.481 e. The van der Waals surface area contributed by atoms with E-state index in [9.17, 15) is 14.7 Å². The standard InChI is InChI=1S/C13H22N4O3/c1-9(2)13(3,12(19)20)7-11(18)14-6-5-10-16-15-8-17(10)4/h8-9H,5-7H2,1-4H3,(H,14,18)(H,19,20). The van der Waals surface area contributed by atoms with Gasteiger partial charge in [-0.25, -0.2) is 0 Å². The van der Waals surface area contributed by atoms with Gasteiger partial charge >= 0.3 is 5.97 Å². The SMILES string of the molecule is CC(C)C(C)(CC(=O)NCCc1nncn1C)C(=O)O. The van der Waals surface area contributed by atoms with E-state index in [1.165, 1.54) is 0 Å². The second-order valence-electron chi connectivity index (χ2n) is 5.51. The number of aryl methyl sites for hydroxylation is 1. The maximum Gasteiger partial charge on any atom is 0.310 e. The number of nitrogens with zero attached hydrogens (tertiary/aromatic N) is 3. The molecule has 1 aromatic heterocycles. The minimum atomic E-state index is -1.05. The van der Waals surface area contributed by atoms with Crippen molar-refractivity contribution in [3.8, 4) is 0 Å². The average Bonchev–Trinajstić information content (AvgIpc) is 2.74. The van der Waals surface area contributed by atoms with Gasteiger partial charge in [-0.05, 0) is 12.8 Å². The minimum absolute atomic E-state index is 0.0290. The van der Waals surface area contributed by atoms with Crippen LogP contribution in [0.3, 0.4) is 0 Å². The van der Waals surface area contributed by atoms with E-state index in [0.717, 1.165) is 5.82 Å². The molecule has 0 aliphatic heterocycles. The van der Waals surface area contributed by atoms with Crippen LogP contribution in [0.4, 0.5) is 0 Å². The number of rotatable bonds is 7. The monoisotopic (exact) mass is 282 g/mol. The molecule has 0 spiro atoms. The summed E-state index contributed by atoms with van der Waals surface area (Å²) < 4.78 is 1.78. The third-order valence-electron chi connectivity index (χ3n) is 3.77. The second-order valence-corrected chi connectivity index (χ2v) is 5.51. The number of carbonyl (C=O) groups is 2. The highest BCUT2D eigenvalue weighted by Gasteiger charge is 2.38. The summed E-state index contributed by atoms with van der Waals surface area (Å²) in [6, 6.07) is 0. The van der Waals surface area contributed by atoms with Crippen LogP contribution in [0.2, 0.25) is 0 Å². The van der Waals surface area contributed by atoms with Gasteiger partial charge in [0, 0.05) is 26.4 Å². The Kier molecular flexibility index (Phi) is 5.24. The van der Waals surface area contributed by atoms with E-state index >= 15 is 0 Å².